The molecule has 0 N–H and O–H groups in total. The summed E-state index contributed by atoms with van der Waals surface area (Å²) in [5, 5.41) is 0. The molecule has 1 heterocycles. The molecule has 2 rings (SSSR count). The topological polar surface area (TPSA) is 54.5 Å². The molecule has 0 saturated carbocycles. The summed E-state index contributed by atoms with van der Waals surface area (Å²) in [6, 6.07) is 0. The second-order valence-corrected chi connectivity index (χ2v) is 6.04. The molecule has 1 saturated heterocycles. The minimum absolute atomic E-state index is 0.161. The maximum Gasteiger partial charge on any atom is 0.157 e. The highest BCUT2D eigenvalue weighted by molar-refractivity contribution is 7.91. The van der Waals surface area contributed by atoms with Gasteiger partial charge in [-0.3, -0.25) is 4.79 Å². The van der Waals surface area contributed by atoms with E-state index in [2.05, 4.69) is 0 Å². The van der Waals surface area contributed by atoms with Gasteiger partial charge in [0.05, 0.1) is 11.5 Å². The molecule has 2 aliphatic rings. The predicted molar refractivity (Wildman–Crippen MR) is 52.6 cm³/mol. The van der Waals surface area contributed by atoms with E-state index in [1.54, 1.807) is 6.08 Å². The van der Waals surface area contributed by atoms with Crippen LogP contribution in [0.4, 0.5) is 0 Å². The van der Waals surface area contributed by atoms with Crippen molar-refractivity contribution in [3.63, 3.8) is 0 Å². The van der Waals surface area contributed by atoms with Crippen LogP contribution in [-0.4, -0.2) is 43.7 Å². The van der Waals surface area contributed by atoms with Crippen molar-refractivity contribution in [2.45, 2.75) is 12.8 Å². The van der Waals surface area contributed by atoms with Gasteiger partial charge in [-0.05, 0) is 6.42 Å². The predicted octanol–water partition coefficient (Wildman–Crippen LogP) is -0.0364. The average molecular weight is 215 g/mol. The van der Waals surface area contributed by atoms with E-state index in [1.807, 2.05) is 4.90 Å². The lowest BCUT2D eigenvalue weighted by atomic mass is 10.3. The van der Waals surface area contributed by atoms with Crippen LogP contribution in [0.25, 0.3) is 0 Å². The van der Waals surface area contributed by atoms with E-state index >= 15 is 0 Å². The van der Waals surface area contributed by atoms with E-state index in [0.29, 0.717) is 19.5 Å². The van der Waals surface area contributed by atoms with Gasteiger partial charge in [0.25, 0.3) is 0 Å². The van der Waals surface area contributed by atoms with Crippen LogP contribution in [0.5, 0.6) is 0 Å². The van der Waals surface area contributed by atoms with Gasteiger partial charge >= 0.3 is 0 Å². The number of ketones is 1. The molecule has 14 heavy (non-hydrogen) atoms. The number of carbonyl (C=O) groups excluding carboxylic acids is 1. The van der Waals surface area contributed by atoms with Crippen LogP contribution >= 0.6 is 0 Å². The third kappa shape index (κ3) is 1.97. The van der Waals surface area contributed by atoms with Crippen molar-refractivity contribution in [3.05, 3.63) is 11.8 Å². The maximum absolute atomic E-state index is 11.2. The highest BCUT2D eigenvalue weighted by atomic mass is 32.2. The summed E-state index contributed by atoms with van der Waals surface area (Å²) in [5.41, 5.74) is 1.02. The van der Waals surface area contributed by atoms with Gasteiger partial charge in [0, 0.05) is 31.3 Å². The molecule has 0 atom stereocenters. The lowest BCUT2D eigenvalue weighted by Gasteiger charge is -2.29. The molecule has 0 radical (unpaired) electrons. The van der Waals surface area contributed by atoms with Crippen LogP contribution in [0.1, 0.15) is 12.8 Å². The molecule has 78 valence electrons. The van der Waals surface area contributed by atoms with Crippen LogP contribution in [0.15, 0.2) is 11.8 Å². The zero-order chi connectivity index (χ0) is 10.2. The van der Waals surface area contributed by atoms with Gasteiger partial charge in [0.15, 0.2) is 15.6 Å². The molecule has 0 aromatic carbocycles. The average Bonchev–Trinajstić information content (AvgIpc) is 2.52. The quantitative estimate of drug-likeness (QED) is 0.616. The fraction of sp³-hybridized carbons (Fsp3) is 0.667. The second-order valence-electron chi connectivity index (χ2n) is 3.74. The monoisotopic (exact) mass is 215 g/mol. The molecule has 5 heteroatoms. The van der Waals surface area contributed by atoms with Crippen molar-refractivity contribution in [1.29, 1.82) is 0 Å². The Labute approximate surface area is 83.5 Å². The Hall–Kier alpha value is -0.840. The maximum atomic E-state index is 11.2. The molecule has 0 unspecified atom stereocenters. The highest BCUT2D eigenvalue weighted by Gasteiger charge is 2.25. The fourth-order valence-corrected chi connectivity index (χ4v) is 3.03. The Balaban J connectivity index is 2.02. The number of allylic oxidation sites excluding steroid dienone is 2. The molecular formula is C9H13NO3S. The fourth-order valence-electron chi connectivity index (χ4n) is 1.83. The smallest absolute Gasteiger partial charge is 0.157 e. The van der Waals surface area contributed by atoms with E-state index in [0.717, 1.165) is 12.1 Å². The summed E-state index contributed by atoms with van der Waals surface area (Å²) in [4.78, 5) is 13.0. The summed E-state index contributed by atoms with van der Waals surface area (Å²) in [5.74, 6) is 0.602. The second kappa shape index (κ2) is 3.38. The van der Waals surface area contributed by atoms with Crippen LogP contribution in [0.3, 0.4) is 0 Å². The molecule has 1 fully saturated rings. The van der Waals surface area contributed by atoms with Gasteiger partial charge in [0.1, 0.15) is 0 Å². The SMILES string of the molecule is O=C1C=C(N2CCS(=O)(=O)CC2)CC1. The molecule has 0 spiro atoms. The molecule has 4 nitrogen and oxygen atoms in total. The third-order valence-electron chi connectivity index (χ3n) is 2.71. The molecule has 0 aromatic heterocycles. The Morgan fingerprint density at radius 1 is 1.14 bits per heavy atom. The minimum Gasteiger partial charge on any atom is -0.373 e. The van der Waals surface area contributed by atoms with Crippen LogP contribution in [0, 0.1) is 0 Å². The molecule has 1 aliphatic heterocycles. The van der Waals surface area contributed by atoms with Crippen LogP contribution < -0.4 is 0 Å². The number of carbonyl (C=O) groups is 1. The van der Waals surface area contributed by atoms with Gasteiger partial charge in [-0.2, -0.15) is 0 Å². The standard InChI is InChI=1S/C9H13NO3S/c11-9-2-1-8(7-9)10-3-5-14(12,13)6-4-10/h7H,1-6H2. The number of nitrogens with zero attached hydrogens (tertiary/aromatic N) is 1. The van der Waals surface area contributed by atoms with E-state index in [1.165, 1.54) is 0 Å². The Bertz CT molecular complexity index is 369. The summed E-state index contributed by atoms with van der Waals surface area (Å²) < 4.78 is 22.3. The van der Waals surface area contributed by atoms with Gasteiger partial charge in [-0.15, -0.1) is 0 Å². The van der Waals surface area contributed by atoms with E-state index in [-0.39, 0.29) is 17.3 Å². The van der Waals surface area contributed by atoms with Gasteiger partial charge in [-0.1, -0.05) is 0 Å². The van der Waals surface area contributed by atoms with Crippen molar-refractivity contribution >= 4 is 15.6 Å². The first-order valence-corrected chi connectivity index (χ1v) is 6.58. The number of hydrogen-bond donors (Lipinski definition) is 0. The zero-order valence-electron chi connectivity index (χ0n) is 7.90. The molecule has 0 amide bonds. The minimum atomic E-state index is -2.81. The number of rotatable bonds is 1. The number of hydrogen-bond acceptors (Lipinski definition) is 4. The van der Waals surface area contributed by atoms with Crippen LogP contribution in [-0.2, 0) is 14.6 Å². The van der Waals surface area contributed by atoms with Gasteiger partial charge in [0.2, 0.25) is 0 Å². The lowest BCUT2D eigenvalue weighted by molar-refractivity contribution is -0.114. The molecule has 0 bridgehead atoms. The summed E-state index contributed by atoms with van der Waals surface area (Å²) in [7, 11) is -2.81. The Morgan fingerprint density at radius 2 is 1.79 bits per heavy atom. The normalized spacial score (nSPS) is 26.4. The molecule has 1 aliphatic carbocycles. The van der Waals surface area contributed by atoms with Crippen molar-refractivity contribution in [2.75, 3.05) is 24.6 Å². The van der Waals surface area contributed by atoms with E-state index in [4.69, 9.17) is 0 Å². The summed E-state index contributed by atoms with van der Waals surface area (Å²) >= 11 is 0. The lowest BCUT2D eigenvalue weighted by Crippen LogP contribution is -2.39. The number of sulfone groups is 1. The van der Waals surface area contributed by atoms with Gasteiger partial charge < -0.3 is 4.90 Å². The van der Waals surface area contributed by atoms with Crippen molar-refractivity contribution in [1.82, 2.24) is 4.90 Å². The Morgan fingerprint density at radius 3 is 2.29 bits per heavy atom. The highest BCUT2D eigenvalue weighted by Crippen LogP contribution is 2.20. The van der Waals surface area contributed by atoms with Crippen molar-refractivity contribution < 1.29 is 13.2 Å². The van der Waals surface area contributed by atoms with Crippen molar-refractivity contribution in [2.24, 2.45) is 0 Å². The van der Waals surface area contributed by atoms with E-state index in [9.17, 15) is 13.2 Å². The summed E-state index contributed by atoms with van der Waals surface area (Å²) in [6.07, 6.45) is 3.01. The first kappa shape index (κ1) is 9.71. The molecule has 0 aromatic rings. The van der Waals surface area contributed by atoms with Gasteiger partial charge in [-0.25, -0.2) is 8.42 Å². The van der Waals surface area contributed by atoms with Crippen molar-refractivity contribution in [3.8, 4) is 0 Å². The third-order valence-corrected chi connectivity index (χ3v) is 4.31. The van der Waals surface area contributed by atoms with E-state index < -0.39 is 9.84 Å². The first-order valence-electron chi connectivity index (χ1n) is 4.76. The summed E-state index contributed by atoms with van der Waals surface area (Å²) in [6.45, 7) is 1.09. The largest absolute Gasteiger partial charge is 0.373 e. The zero-order valence-corrected chi connectivity index (χ0v) is 8.72. The first-order chi connectivity index (χ1) is 6.57. The molecular weight excluding hydrogens is 202 g/mol. The Kier molecular flexibility index (Phi) is 2.34. The van der Waals surface area contributed by atoms with Crippen LogP contribution in [0.2, 0.25) is 0 Å².